The lowest BCUT2D eigenvalue weighted by Crippen LogP contribution is -2.09. The van der Waals surface area contributed by atoms with Crippen molar-refractivity contribution in [3.05, 3.63) is 58.9 Å². The molecule has 0 aliphatic carbocycles. The molecule has 0 spiro atoms. The molecule has 0 saturated carbocycles. The second-order valence-electron chi connectivity index (χ2n) is 5.37. The van der Waals surface area contributed by atoms with E-state index in [2.05, 4.69) is 20.8 Å². The molecule has 134 valence electrons. The Kier molecular flexibility index (Phi) is 5.13. The van der Waals surface area contributed by atoms with Crippen LogP contribution in [0.5, 0.6) is 0 Å². The number of nitrogens with zero attached hydrogens (tertiary/aromatic N) is 2. The van der Waals surface area contributed by atoms with E-state index in [1.54, 1.807) is 24.3 Å². The van der Waals surface area contributed by atoms with Gasteiger partial charge in [-0.05, 0) is 18.2 Å². The summed E-state index contributed by atoms with van der Waals surface area (Å²) in [4.78, 5) is 15.3. The molecule has 2 aromatic carbocycles. The molecular weight excluding hydrogens is 366 g/mol. The van der Waals surface area contributed by atoms with Gasteiger partial charge in [0.25, 0.3) is 0 Å². The van der Waals surface area contributed by atoms with Crippen LogP contribution in [0.3, 0.4) is 0 Å². The van der Waals surface area contributed by atoms with E-state index < -0.39 is 17.5 Å². The Morgan fingerprint density at radius 2 is 1.96 bits per heavy atom. The number of hydrogen-bond acceptors (Lipinski definition) is 5. The van der Waals surface area contributed by atoms with E-state index in [0.29, 0.717) is 22.5 Å². The number of amides is 1. The lowest BCUT2D eigenvalue weighted by molar-refractivity contribution is -0.114. The van der Waals surface area contributed by atoms with Crippen molar-refractivity contribution < 1.29 is 18.1 Å². The number of rotatable bonds is 5. The maximum atomic E-state index is 13.9. The van der Waals surface area contributed by atoms with E-state index in [-0.39, 0.29) is 23.8 Å². The predicted octanol–water partition coefficient (Wildman–Crippen LogP) is 4.24. The van der Waals surface area contributed by atoms with Gasteiger partial charge in [0.15, 0.2) is 0 Å². The fraction of sp³-hybridized carbons (Fsp3) is 0.118. The largest absolute Gasteiger partial charge is 0.374 e. The SMILES string of the molecule is CC(=O)Nc1cc(NCc2nc(-c3cccc(Cl)c3)no2)c(F)cc1F. The first-order chi connectivity index (χ1) is 12.4. The number of anilines is 2. The zero-order chi connectivity index (χ0) is 18.7. The van der Waals surface area contributed by atoms with E-state index in [9.17, 15) is 13.6 Å². The average Bonchev–Trinajstić information content (AvgIpc) is 3.05. The number of carbonyl (C=O) groups excluding carboxylic acids is 1. The van der Waals surface area contributed by atoms with Gasteiger partial charge in [0, 0.05) is 23.6 Å². The van der Waals surface area contributed by atoms with Crippen molar-refractivity contribution in [1.82, 2.24) is 10.1 Å². The Hall–Kier alpha value is -3.00. The average molecular weight is 379 g/mol. The van der Waals surface area contributed by atoms with Gasteiger partial charge in [0.1, 0.15) is 11.6 Å². The lowest BCUT2D eigenvalue weighted by atomic mass is 10.2. The Morgan fingerprint density at radius 1 is 1.19 bits per heavy atom. The van der Waals surface area contributed by atoms with Crippen LogP contribution >= 0.6 is 11.6 Å². The first-order valence-electron chi connectivity index (χ1n) is 7.51. The standard InChI is InChI=1S/C17H13ClF2N4O2/c1-9(25)22-15-7-14(12(19)6-13(15)20)21-8-16-23-17(24-26-16)10-3-2-4-11(18)5-10/h2-7,21H,8H2,1H3,(H,22,25). The van der Waals surface area contributed by atoms with E-state index in [1.807, 2.05) is 0 Å². The van der Waals surface area contributed by atoms with E-state index in [4.69, 9.17) is 16.1 Å². The van der Waals surface area contributed by atoms with Crippen LogP contribution in [-0.4, -0.2) is 16.0 Å². The van der Waals surface area contributed by atoms with Gasteiger partial charge in [-0.2, -0.15) is 4.98 Å². The maximum Gasteiger partial charge on any atom is 0.246 e. The third-order valence-electron chi connectivity index (χ3n) is 3.35. The van der Waals surface area contributed by atoms with Gasteiger partial charge >= 0.3 is 0 Å². The summed E-state index contributed by atoms with van der Waals surface area (Å²) < 4.78 is 32.6. The van der Waals surface area contributed by atoms with E-state index in [1.165, 1.54) is 6.92 Å². The Morgan fingerprint density at radius 3 is 2.69 bits per heavy atom. The molecule has 1 amide bonds. The third kappa shape index (κ3) is 4.15. The van der Waals surface area contributed by atoms with Crippen LogP contribution in [0.2, 0.25) is 5.02 Å². The summed E-state index contributed by atoms with van der Waals surface area (Å²) in [6.45, 7) is 1.24. The van der Waals surface area contributed by atoms with Gasteiger partial charge in [0.05, 0.1) is 17.9 Å². The highest BCUT2D eigenvalue weighted by atomic mass is 35.5. The molecular formula is C17H13ClF2N4O2. The van der Waals surface area contributed by atoms with Crippen LogP contribution in [0.15, 0.2) is 40.9 Å². The van der Waals surface area contributed by atoms with Crippen LogP contribution in [0.1, 0.15) is 12.8 Å². The molecule has 3 aromatic rings. The molecule has 2 N–H and O–H groups in total. The lowest BCUT2D eigenvalue weighted by Gasteiger charge is -2.09. The quantitative estimate of drug-likeness (QED) is 0.694. The van der Waals surface area contributed by atoms with Crippen molar-refractivity contribution in [3.8, 4) is 11.4 Å². The van der Waals surface area contributed by atoms with Crippen molar-refractivity contribution in [1.29, 1.82) is 0 Å². The highest BCUT2D eigenvalue weighted by Gasteiger charge is 2.13. The highest BCUT2D eigenvalue weighted by molar-refractivity contribution is 6.30. The van der Waals surface area contributed by atoms with Gasteiger partial charge in [-0.25, -0.2) is 8.78 Å². The van der Waals surface area contributed by atoms with Crippen LogP contribution in [0, 0.1) is 11.6 Å². The number of aromatic nitrogens is 2. The van der Waals surface area contributed by atoms with Crippen molar-refractivity contribution in [2.75, 3.05) is 10.6 Å². The van der Waals surface area contributed by atoms with Crippen molar-refractivity contribution in [2.45, 2.75) is 13.5 Å². The predicted molar refractivity (Wildman–Crippen MR) is 92.7 cm³/mol. The topological polar surface area (TPSA) is 80.0 Å². The van der Waals surface area contributed by atoms with Gasteiger partial charge in [0.2, 0.25) is 17.6 Å². The van der Waals surface area contributed by atoms with Crippen LogP contribution in [0.4, 0.5) is 20.2 Å². The summed E-state index contributed by atoms with van der Waals surface area (Å²) in [5.74, 6) is -1.62. The van der Waals surface area contributed by atoms with Crippen LogP contribution in [-0.2, 0) is 11.3 Å². The molecule has 1 aromatic heterocycles. The molecule has 6 nitrogen and oxygen atoms in total. The molecule has 9 heteroatoms. The Bertz CT molecular complexity index is 962. The summed E-state index contributed by atoms with van der Waals surface area (Å²) in [6.07, 6.45) is 0. The fourth-order valence-electron chi connectivity index (χ4n) is 2.21. The summed E-state index contributed by atoms with van der Waals surface area (Å²) >= 11 is 5.92. The molecule has 26 heavy (non-hydrogen) atoms. The van der Waals surface area contributed by atoms with Gasteiger partial charge in [-0.1, -0.05) is 28.9 Å². The molecule has 0 bridgehead atoms. The molecule has 0 unspecified atom stereocenters. The molecule has 0 saturated heterocycles. The molecule has 1 heterocycles. The number of halogens is 3. The molecule has 3 rings (SSSR count). The minimum absolute atomic E-state index is 0.00955. The summed E-state index contributed by atoms with van der Waals surface area (Å²) in [7, 11) is 0. The molecule has 0 aliphatic heterocycles. The fourth-order valence-corrected chi connectivity index (χ4v) is 2.40. The minimum Gasteiger partial charge on any atom is -0.374 e. The second kappa shape index (κ2) is 7.49. The molecule has 0 aliphatic rings. The smallest absolute Gasteiger partial charge is 0.246 e. The van der Waals surface area contributed by atoms with Crippen molar-refractivity contribution >= 4 is 28.9 Å². The second-order valence-corrected chi connectivity index (χ2v) is 5.81. The monoisotopic (exact) mass is 378 g/mol. The zero-order valence-corrected chi connectivity index (χ0v) is 14.3. The van der Waals surface area contributed by atoms with E-state index in [0.717, 1.165) is 6.07 Å². The van der Waals surface area contributed by atoms with Crippen LogP contribution < -0.4 is 10.6 Å². The third-order valence-corrected chi connectivity index (χ3v) is 3.58. The number of benzene rings is 2. The Labute approximate surface area is 152 Å². The molecule has 0 atom stereocenters. The zero-order valence-electron chi connectivity index (χ0n) is 13.5. The summed E-state index contributed by atoms with van der Waals surface area (Å²) in [6, 6.07) is 8.76. The van der Waals surface area contributed by atoms with E-state index >= 15 is 0 Å². The van der Waals surface area contributed by atoms with Crippen LogP contribution in [0.25, 0.3) is 11.4 Å². The molecule has 0 fully saturated rings. The number of hydrogen-bond donors (Lipinski definition) is 2. The highest BCUT2D eigenvalue weighted by Crippen LogP contribution is 2.24. The first-order valence-corrected chi connectivity index (χ1v) is 7.89. The number of nitrogens with one attached hydrogen (secondary N) is 2. The summed E-state index contributed by atoms with van der Waals surface area (Å²) in [5, 5.41) is 9.39. The normalized spacial score (nSPS) is 10.6. The van der Waals surface area contributed by atoms with Gasteiger partial charge < -0.3 is 15.2 Å². The van der Waals surface area contributed by atoms with Crippen molar-refractivity contribution in [3.63, 3.8) is 0 Å². The summed E-state index contributed by atoms with van der Waals surface area (Å²) in [5.41, 5.74) is 0.526. The Balaban J connectivity index is 1.74. The molecule has 0 radical (unpaired) electrons. The minimum atomic E-state index is -0.871. The van der Waals surface area contributed by atoms with Crippen molar-refractivity contribution in [2.24, 2.45) is 0 Å². The number of carbonyl (C=O) groups is 1. The maximum absolute atomic E-state index is 13.9. The van der Waals surface area contributed by atoms with Gasteiger partial charge in [-0.15, -0.1) is 0 Å². The van der Waals surface area contributed by atoms with Gasteiger partial charge in [-0.3, -0.25) is 4.79 Å². The first kappa shape index (κ1) is 17.8.